The van der Waals surface area contributed by atoms with Gasteiger partial charge < -0.3 is 4.74 Å². The van der Waals surface area contributed by atoms with E-state index in [0.717, 1.165) is 17.0 Å². The number of carbonyl (C=O) groups is 1. The average molecular weight is 378 g/mol. The predicted molar refractivity (Wildman–Crippen MR) is 100 cm³/mol. The molecule has 4 nitrogen and oxygen atoms in total. The molecule has 25 heavy (non-hydrogen) atoms. The van der Waals surface area contributed by atoms with Crippen LogP contribution in [-0.2, 0) is 9.53 Å². The number of halogens is 1. The quantitative estimate of drug-likeness (QED) is 0.652. The van der Waals surface area contributed by atoms with E-state index in [4.69, 9.17) is 4.74 Å². The van der Waals surface area contributed by atoms with Gasteiger partial charge in [-0.1, -0.05) is 18.2 Å². The molecule has 1 fully saturated rings. The minimum absolute atomic E-state index is 0.0964. The van der Waals surface area contributed by atoms with Gasteiger partial charge in [-0.15, -0.1) is 11.3 Å². The molecular weight excluding hydrogens is 359 g/mol. The van der Waals surface area contributed by atoms with E-state index < -0.39 is 17.8 Å². The zero-order chi connectivity index (χ0) is 17.8. The normalized spacial score (nSPS) is 21.2. The van der Waals surface area contributed by atoms with E-state index in [1.807, 2.05) is 16.4 Å². The molecule has 0 amide bonds. The van der Waals surface area contributed by atoms with Gasteiger partial charge in [0.15, 0.2) is 0 Å². The average Bonchev–Trinajstić information content (AvgIpc) is 3.12. The van der Waals surface area contributed by atoms with Crippen LogP contribution in [0.15, 0.2) is 41.4 Å². The number of esters is 1. The molecule has 1 aliphatic heterocycles. The van der Waals surface area contributed by atoms with Gasteiger partial charge in [-0.25, -0.2) is 14.2 Å². The van der Waals surface area contributed by atoms with Crippen LogP contribution in [0.5, 0.6) is 0 Å². The first kappa shape index (κ1) is 18.1. The van der Waals surface area contributed by atoms with E-state index in [1.165, 1.54) is 13.2 Å². The molecule has 0 N–H and O–H groups in total. The Bertz CT molecular complexity index is 764. The van der Waals surface area contributed by atoms with Crippen LogP contribution >= 0.6 is 24.0 Å². The van der Waals surface area contributed by atoms with Crippen LogP contribution in [0.25, 0.3) is 6.08 Å². The molecule has 0 bridgehead atoms. The molecule has 2 unspecified atom stereocenters. The molecule has 1 saturated heterocycles. The Labute approximate surface area is 155 Å². The summed E-state index contributed by atoms with van der Waals surface area (Å²) in [5.74, 6) is -0.868. The number of piperidine rings is 1. The molecule has 3 rings (SSSR count). The summed E-state index contributed by atoms with van der Waals surface area (Å²) in [5, 5.41) is 2.91. The van der Waals surface area contributed by atoms with Gasteiger partial charge >= 0.3 is 5.97 Å². The van der Waals surface area contributed by atoms with Crippen LogP contribution < -0.4 is 0 Å². The number of ether oxygens (including phenoxy) is 1. The van der Waals surface area contributed by atoms with Gasteiger partial charge in [0.05, 0.1) is 7.11 Å². The van der Waals surface area contributed by atoms with Crippen molar-refractivity contribution in [3.63, 3.8) is 0 Å². The smallest absolute Gasteiger partial charge is 0.327 e. The first-order chi connectivity index (χ1) is 12.1. The number of thiol groups is 1. The lowest BCUT2D eigenvalue weighted by molar-refractivity contribution is -0.147. The summed E-state index contributed by atoms with van der Waals surface area (Å²) in [6.07, 6.45) is 4.52. The highest BCUT2D eigenvalue weighted by atomic mass is 32.1. The molecule has 0 spiro atoms. The number of carbonyl (C=O) groups excluding carboxylic acids is 1. The van der Waals surface area contributed by atoms with Crippen molar-refractivity contribution < 1.29 is 13.9 Å². The van der Waals surface area contributed by atoms with E-state index in [-0.39, 0.29) is 5.25 Å². The van der Waals surface area contributed by atoms with Gasteiger partial charge in [0.25, 0.3) is 0 Å². The van der Waals surface area contributed by atoms with Crippen molar-refractivity contribution in [3.05, 3.63) is 57.8 Å². The number of hydrogen-bond acceptors (Lipinski definition) is 6. The standard InChI is InChI=1S/C18H19FN2O2S2/c1-23-18(22)17(13-4-2-3-5-14(13)19)21-8-6-15(24)12(11-21)10-16-20-7-9-25-16/h2-5,7,9-10,15,17,24H,6,8,11H2,1H3/b12-10-. The van der Waals surface area contributed by atoms with Gasteiger partial charge in [0, 0.05) is 35.5 Å². The molecule has 0 aliphatic carbocycles. The van der Waals surface area contributed by atoms with E-state index in [1.54, 1.807) is 35.7 Å². The third-order valence-electron chi connectivity index (χ3n) is 4.25. The number of aromatic nitrogens is 1. The third kappa shape index (κ3) is 4.11. The monoisotopic (exact) mass is 378 g/mol. The van der Waals surface area contributed by atoms with Gasteiger partial charge in [-0.2, -0.15) is 12.6 Å². The van der Waals surface area contributed by atoms with Crippen molar-refractivity contribution in [2.24, 2.45) is 0 Å². The van der Waals surface area contributed by atoms with E-state index in [9.17, 15) is 9.18 Å². The summed E-state index contributed by atoms with van der Waals surface area (Å²) in [5.41, 5.74) is 1.40. The lowest BCUT2D eigenvalue weighted by Crippen LogP contribution is -2.42. The number of benzene rings is 1. The minimum atomic E-state index is -0.772. The number of rotatable bonds is 4. The second kappa shape index (κ2) is 8.12. The summed E-state index contributed by atoms with van der Waals surface area (Å²) in [7, 11) is 1.33. The molecule has 1 aromatic heterocycles. The first-order valence-electron chi connectivity index (χ1n) is 7.94. The minimum Gasteiger partial charge on any atom is -0.468 e. The fourth-order valence-corrected chi connectivity index (χ4v) is 3.87. The first-order valence-corrected chi connectivity index (χ1v) is 9.34. The van der Waals surface area contributed by atoms with Crippen molar-refractivity contribution >= 4 is 36.0 Å². The van der Waals surface area contributed by atoms with E-state index in [0.29, 0.717) is 18.7 Å². The molecule has 1 aliphatic rings. The summed E-state index contributed by atoms with van der Waals surface area (Å²) < 4.78 is 19.2. The highest BCUT2D eigenvalue weighted by molar-refractivity contribution is 7.81. The second-order valence-electron chi connectivity index (χ2n) is 5.81. The fourth-order valence-electron chi connectivity index (χ4n) is 3.00. The van der Waals surface area contributed by atoms with Crippen molar-refractivity contribution in [1.82, 2.24) is 9.88 Å². The molecule has 2 aromatic rings. The van der Waals surface area contributed by atoms with Gasteiger partial charge in [-0.05, 0) is 24.1 Å². The Kier molecular flexibility index (Phi) is 5.88. The van der Waals surface area contributed by atoms with Crippen LogP contribution in [0.2, 0.25) is 0 Å². The number of nitrogens with zero attached hydrogens (tertiary/aromatic N) is 2. The van der Waals surface area contributed by atoms with E-state index >= 15 is 0 Å². The van der Waals surface area contributed by atoms with Crippen molar-refractivity contribution in [3.8, 4) is 0 Å². The molecular formula is C18H19FN2O2S2. The Morgan fingerprint density at radius 1 is 1.52 bits per heavy atom. The van der Waals surface area contributed by atoms with Crippen LogP contribution in [0.1, 0.15) is 23.0 Å². The maximum Gasteiger partial charge on any atom is 0.327 e. The Balaban J connectivity index is 1.91. The molecule has 0 radical (unpaired) electrons. The molecule has 0 saturated carbocycles. The van der Waals surface area contributed by atoms with Gasteiger partial charge in [-0.3, -0.25) is 4.90 Å². The molecule has 2 heterocycles. The topological polar surface area (TPSA) is 42.4 Å². The number of hydrogen-bond donors (Lipinski definition) is 1. The largest absolute Gasteiger partial charge is 0.468 e. The van der Waals surface area contributed by atoms with Crippen LogP contribution in [0.3, 0.4) is 0 Å². The Morgan fingerprint density at radius 3 is 3.00 bits per heavy atom. The highest BCUT2D eigenvalue weighted by Gasteiger charge is 2.34. The summed E-state index contributed by atoms with van der Waals surface area (Å²) >= 11 is 6.20. The van der Waals surface area contributed by atoms with Crippen molar-refractivity contribution in [1.29, 1.82) is 0 Å². The zero-order valence-electron chi connectivity index (χ0n) is 13.8. The van der Waals surface area contributed by atoms with Crippen molar-refractivity contribution in [2.45, 2.75) is 17.7 Å². The molecule has 1 aromatic carbocycles. The SMILES string of the molecule is COC(=O)C(c1ccccc1F)N1CCC(S)/C(=C\c2nccs2)C1. The maximum absolute atomic E-state index is 14.3. The lowest BCUT2D eigenvalue weighted by Gasteiger charge is -2.36. The summed E-state index contributed by atoms with van der Waals surface area (Å²) in [6, 6.07) is 5.57. The number of methoxy groups -OCH3 is 1. The Morgan fingerprint density at radius 2 is 2.32 bits per heavy atom. The highest BCUT2D eigenvalue weighted by Crippen LogP contribution is 2.32. The van der Waals surface area contributed by atoms with Crippen LogP contribution in [0, 0.1) is 5.82 Å². The summed E-state index contributed by atoms with van der Waals surface area (Å²) in [6.45, 7) is 1.15. The fraction of sp³-hybridized carbons (Fsp3) is 0.333. The number of likely N-dealkylation sites (tertiary alicyclic amines) is 1. The molecule has 7 heteroatoms. The molecule has 132 valence electrons. The number of thiazole rings is 1. The van der Waals surface area contributed by atoms with Crippen LogP contribution in [-0.4, -0.2) is 41.3 Å². The zero-order valence-corrected chi connectivity index (χ0v) is 15.5. The predicted octanol–water partition coefficient (Wildman–Crippen LogP) is 3.58. The maximum atomic E-state index is 14.3. The second-order valence-corrected chi connectivity index (χ2v) is 7.36. The van der Waals surface area contributed by atoms with Gasteiger partial charge in [0.2, 0.25) is 0 Å². The lowest BCUT2D eigenvalue weighted by atomic mass is 9.98. The third-order valence-corrected chi connectivity index (χ3v) is 5.57. The Hall–Kier alpha value is -1.70. The van der Waals surface area contributed by atoms with Crippen LogP contribution in [0.4, 0.5) is 4.39 Å². The van der Waals surface area contributed by atoms with Gasteiger partial charge in [0.1, 0.15) is 16.9 Å². The van der Waals surface area contributed by atoms with Crippen molar-refractivity contribution in [2.75, 3.05) is 20.2 Å². The molecule has 2 atom stereocenters. The van der Waals surface area contributed by atoms with E-state index in [2.05, 4.69) is 17.6 Å². The summed E-state index contributed by atoms with van der Waals surface area (Å²) in [4.78, 5) is 18.6.